The normalized spacial score (nSPS) is 10.2. The molecule has 0 atom stereocenters. The number of anilines is 1. The van der Waals surface area contributed by atoms with Gasteiger partial charge in [0.1, 0.15) is 11.4 Å². The molecule has 0 bridgehead atoms. The van der Waals surface area contributed by atoms with Crippen LogP contribution < -0.4 is 15.4 Å². The van der Waals surface area contributed by atoms with Crippen molar-refractivity contribution in [3.8, 4) is 5.75 Å². The van der Waals surface area contributed by atoms with Crippen molar-refractivity contribution in [2.75, 3.05) is 12.4 Å². The van der Waals surface area contributed by atoms with Crippen LogP contribution in [0.3, 0.4) is 0 Å². The predicted octanol–water partition coefficient (Wildman–Crippen LogP) is 2.42. The van der Waals surface area contributed by atoms with E-state index in [0.29, 0.717) is 24.7 Å². The van der Waals surface area contributed by atoms with E-state index in [1.165, 1.54) is 0 Å². The zero-order valence-corrected chi connectivity index (χ0v) is 14.3. The molecule has 26 heavy (non-hydrogen) atoms. The van der Waals surface area contributed by atoms with Gasteiger partial charge in [-0.25, -0.2) is 9.97 Å². The Kier molecular flexibility index (Phi) is 5.72. The maximum Gasteiger partial charge on any atom is 0.270 e. The van der Waals surface area contributed by atoms with Crippen LogP contribution in [0.15, 0.2) is 60.9 Å². The molecule has 0 spiro atoms. The predicted molar refractivity (Wildman–Crippen MR) is 97.8 cm³/mol. The van der Waals surface area contributed by atoms with Crippen LogP contribution in [0.1, 0.15) is 21.7 Å². The third-order valence-corrected chi connectivity index (χ3v) is 3.65. The second-order valence-corrected chi connectivity index (χ2v) is 5.47. The zero-order chi connectivity index (χ0) is 18.2. The Morgan fingerprint density at radius 2 is 1.85 bits per heavy atom. The summed E-state index contributed by atoms with van der Waals surface area (Å²) in [6.45, 7) is 0.890. The highest BCUT2D eigenvalue weighted by molar-refractivity contribution is 5.92. The van der Waals surface area contributed by atoms with Crippen molar-refractivity contribution < 1.29 is 9.53 Å². The molecular formula is C19H19N5O2. The second-order valence-electron chi connectivity index (χ2n) is 5.47. The Hall–Kier alpha value is -3.48. The zero-order valence-electron chi connectivity index (χ0n) is 14.3. The molecule has 1 aromatic carbocycles. The molecule has 2 N–H and O–H groups in total. The molecule has 2 aromatic heterocycles. The van der Waals surface area contributed by atoms with Crippen molar-refractivity contribution in [3.05, 3.63) is 77.9 Å². The summed E-state index contributed by atoms with van der Waals surface area (Å²) in [7, 11) is 1.63. The van der Waals surface area contributed by atoms with Gasteiger partial charge in [-0.3, -0.25) is 9.78 Å². The van der Waals surface area contributed by atoms with Crippen LogP contribution in [0, 0.1) is 0 Å². The van der Waals surface area contributed by atoms with Gasteiger partial charge >= 0.3 is 0 Å². The number of methoxy groups -OCH3 is 1. The van der Waals surface area contributed by atoms with Crippen LogP contribution in [0.2, 0.25) is 0 Å². The van der Waals surface area contributed by atoms with Gasteiger partial charge in [-0.15, -0.1) is 0 Å². The van der Waals surface area contributed by atoms with E-state index < -0.39 is 0 Å². The minimum atomic E-state index is -0.273. The first kappa shape index (κ1) is 17.3. The molecule has 0 aliphatic carbocycles. The van der Waals surface area contributed by atoms with E-state index in [-0.39, 0.29) is 5.91 Å². The summed E-state index contributed by atoms with van der Waals surface area (Å²) >= 11 is 0. The summed E-state index contributed by atoms with van der Waals surface area (Å²) in [5, 5.41) is 5.91. The molecule has 7 heteroatoms. The molecule has 0 unspecified atom stereocenters. The van der Waals surface area contributed by atoms with Gasteiger partial charge in [-0.2, -0.15) is 0 Å². The van der Waals surface area contributed by atoms with E-state index in [4.69, 9.17) is 4.74 Å². The van der Waals surface area contributed by atoms with Crippen molar-refractivity contribution in [1.29, 1.82) is 0 Å². The maximum atomic E-state index is 12.2. The van der Waals surface area contributed by atoms with Crippen molar-refractivity contribution in [2.24, 2.45) is 0 Å². The van der Waals surface area contributed by atoms with E-state index >= 15 is 0 Å². The quantitative estimate of drug-likeness (QED) is 0.681. The van der Waals surface area contributed by atoms with Gasteiger partial charge in [0.05, 0.1) is 19.3 Å². The molecule has 1 amide bonds. The van der Waals surface area contributed by atoms with Crippen molar-refractivity contribution in [1.82, 2.24) is 20.3 Å². The first-order valence-corrected chi connectivity index (χ1v) is 8.12. The number of rotatable bonds is 7. The van der Waals surface area contributed by atoms with E-state index in [9.17, 15) is 4.79 Å². The van der Waals surface area contributed by atoms with Crippen molar-refractivity contribution >= 4 is 11.9 Å². The van der Waals surface area contributed by atoms with Gasteiger partial charge in [-0.1, -0.05) is 18.2 Å². The number of ether oxygens (including phenoxy) is 1. The minimum Gasteiger partial charge on any atom is -0.497 e. The Bertz CT molecular complexity index is 853. The van der Waals surface area contributed by atoms with Gasteiger partial charge in [-0.05, 0) is 35.9 Å². The first-order chi connectivity index (χ1) is 12.7. The molecule has 3 aromatic rings. The largest absolute Gasteiger partial charge is 0.497 e. The smallest absolute Gasteiger partial charge is 0.270 e. The summed E-state index contributed by atoms with van der Waals surface area (Å²) in [5.41, 5.74) is 2.14. The lowest BCUT2D eigenvalue weighted by atomic mass is 10.2. The van der Waals surface area contributed by atoms with E-state index in [2.05, 4.69) is 25.6 Å². The molecule has 132 valence electrons. The molecule has 0 radical (unpaired) electrons. The van der Waals surface area contributed by atoms with Crippen LogP contribution in [0.4, 0.5) is 5.95 Å². The fourth-order valence-electron chi connectivity index (χ4n) is 2.26. The lowest BCUT2D eigenvalue weighted by Gasteiger charge is -2.08. The highest BCUT2D eigenvalue weighted by atomic mass is 16.5. The highest BCUT2D eigenvalue weighted by Crippen LogP contribution is 2.12. The number of nitrogens with one attached hydrogen (secondary N) is 2. The van der Waals surface area contributed by atoms with Gasteiger partial charge in [0.25, 0.3) is 5.91 Å². The number of pyridine rings is 1. The molecule has 0 aliphatic heterocycles. The summed E-state index contributed by atoms with van der Waals surface area (Å²) in [5.74, 6) is 0.924. The van der Waals surface area contributed by atoms with Crippen LogP contribution in [-0.2, 0) is 13.1 Å². The number of amides is 1. The van der Waals surface area contributed by atoms with Crippen molar-refractivity contribution in [3.63, 3.8) is 0 Å². The molecule has 0 saturated carbocycles. The summed E-state index contributed by atoms with van der Waals surface area (Å²) in [6.07, 6.45) is 3.24. The standard InChI is InChI=1S/C19H19N5O2/c1-26-16-7-5-14(6-8-16)12-23-19-21-11-9-17(24-19)18(25)22-13-15-4-2-3-10-20-15/h2-11H,12-13H2,1H3,(H,22,25)(H,21,23,24). The van der Waals surface area contributed by atoms with Gasteiger partial charge in [0.2, 0.25) is 5.95 Å². The molecular weight excluding hydrogens is 330 g/mol. The van der Waals surface area contributed by atoms with Gasteiger partial charge in [0.15, 0.2) is 0 Å². The third-order valence-electron chi connectivity index (χ3n) is 3.65. The number of hydrogen-bond acceptors (Lipinski definition) is 6. The fourth-order valence-corrected chi connectivity index (χ4v) is 2.26. The molecule has 2 heterocycles. The van der Waals surface area contributed by atoms with Crippen LogP contribution >= 0.6 is 0 Å². The number of hydrogen-bond donors (Lipinski definition) is 2. The molecule has 0 fully saturated rings. The number of carbonyl (C=O) groups excluding carboxylic acids is 1. The Labute approximate surface area is 151 Å². The minimum absolute atomic E-state index is 0.273. The highest BCUT2D eigenvalue weighted by Gasteiger charge is 2.09. The maximum absolute atomic E-state index is 12.2. The summed E-state index contributed by atoms with van der Waals surface area (Å²) in [6, 6.07) is 14.8. The van der Waals surface area contributed by atoms with Crippen LogP contribution in [0.25, 0.3) is 0 Å². The van der Waals surface area contributed by atoms with E-state index in [1.807, 2.05) is 42.5 Å². The molecule has 0 aliphatic rings. The topological polar surface area (TPSA) is 89.0 Å². The number of carbonyl (C=O) groups is 1. The molecule has 3 rings (SSSR count). The second kappa shape index (κ2) is 8.57. The third kappa shape index (κ3) is 4.76. The lowest BCUT2D eigenvalue weighted by Crippen LogP contribution is -2.24. The lowest BCUT2D eigenvalue weighted by molar-refractivity contribution is 0.0945. The van der Waals surface area contributed by atoms with Crippen LogP contribution in [0.5, 0.6) is 5.75 Å². The number of nitrogens with zero attached hydrogens (tertiary/aromatic N) is 3. The summed E-state index contributed by atoms with van der Waals surface area (Å²) in [4.78, 5) is 24.8. The monoisotopic (exact) mass is 349 g/mol. The number of benzene rings is 1. The Balaban J connectivity index is 1.57. The van der Waals surface area contributed by atoms with E-state index in [0.717, 1.165) is 17.0 Å². The van der Waals surface area contributed by atoms with Crippen LogP contribution in [-0.4, -0.2) is 28.0 Å². The first-order valence-electron chi connectivity index (χ1n) is 8.12. The van der Waals surface area contributed by atoms with E-state index in [1.54, 1.807) is 25.6 Å². The SMILES string of the molecule is COc1ccc(CNc2nccc(C(=O)NCc3ccccn3)n2)cc1. The summed E-state index contributed by atoms with van der Waals surface area (Å²) < 4.78 is 5.13. The average Bonchev–Trinajstić information content (AvgIpc) is 2.72. The molecule has 0 saturated heterocycles. The van der Waals surface area contributed by atoms with Gasteiger partial charge in [0, 0.05) is 18.9 Å². The molecule has 7 nitrogen and oxygen atoms in total. The Morgan fingerprint density at radius 3 is 2.58 bits per heavy atom. The Morgan fingerprint density at radius 1 is 1.00 bits per heavy atom. The average molecular weight is 349 g/mol. The fraction of sp³-hybridized carbons (Fsp3) is 0.158. The number of aromatic nitrogens is 3. The van der Waals surface area contributed by atoms with Gasteiger partial charge < -0.3 is 15.4 Å². The van der Waals surface area contributed by atoms with Crippen molar-refractivity contribution in [2.45, 2.75) is 13.1 Å².